The van der Waals surface area contributed by atoms with E-state index >= 15 is 0 Å². The maximum Gasteiger partial charge on any atom is 0.312 e. The molecule has 6 nitrogen and oxygen atoms in total. The molecular weight excluding hydrogens is 350 g/mol. The van der Waals surface area contributed by atoms with Crippen molar-refractivity contribution in [2.75, 3.05) is 6.61 Å². The Bertz CT molecular complexity index is 615. The van der Waals surface area contributed by atoms with Gasteiger partial charge in [0, 0.05) is 18.8 Å². The SMILES string of the molecule is CCC(C)(CC(=O)OCC(C)(F)F)C(=O)OC1C2CC3C(=O)OC1C3C2. The molecule has 1 heterocycles. The van der Waals surface area contributed by atoms with Gasteiger partial charge in [-0.2, -0.15) is 0 Å². The Balaban J connectivity index is 1.60. The van der Waals surface area contributed by atoms with Crippen molar-refractivity contribution in [2.24, 2.45) is 23.2 Å². The molecule has 0 aromatic heterocycles. The lowest BCUT2D eigenvalue weighted by molar-refractivity contribution is -0.176. The van der Waals surface area contributed by atoms with E-state index in [1.54, 1.807) is 13.8 Å². The molecule has 6 atom stereocenters. The normalized spacial score (nSPS) is 34.3. The second-order valence-corrected chi connectivity index (χ2v) is 8.10. The van der Waals surface area contributed by atoms with Gasteiger partial charge in [-0.1, -0.05) is 6.92 Å². The van der Waals surface area contributed by atoms with Gasteiger partial charge in [0.25, 0.3) is 5.92 Å². The number of halogens is 2. The van der Waals surface area contributed by atoms with Crippen LogP contribution in [0.2, 0.25) is 0 Å². The van der Waals surface area contributed by atoms with Gasteiger partial charge in [-0.25, -0.2) is 8.78 Å². The van der Waals surface area contributed by atoms with E-state index in [9.17, 15) is 23.2 Å². The van der Waals surface area contributed by atoms with Crippen LogP contribution in [-0.2, 0) is 28.6 Å². The predicted molar refractivity (Wildman–Crippen MR) is 84.1 cm³/mol. The Morgan fingerprint density at radius 1 is 1.27 bits per heavy atom. The number of esters is 3. The first-order valence-electron chi connectivity index (χ1n) is 8.99. The number of hydrogen-bond donors (Lipinski definition) is 0. The minimum Gasteiger partial charge on any atom is -0.459 e. The molecule has 146 valence electrons. The molecule has 0 amide bonds. The lowest BCUT2D eigenvalue weighted by Crippen LogP contribution is -2.41. The van der Waals surface area contributed by atoms with E-state index in [0.717, 1.165) is 6.42 Å². The Morgan fingerprint density at radius 3 is 2.58 bits per heavy atom. The number of hydrogen-bond acceptors (Lipinski definition) is 6. The molecule has 2 aliphatic carbocycles. The van der Waals surface area contributed by atoms with Gasteiger partial charge in [-0.3, -0.25) is 14.4 Å². The molecule has 0 aromatic rings. The summed E-state index contributed by atoms with van der Waals surface area (Å²) in [5.74, 6) is -4.67. The molecule has 26 heavy (non-hydrogen) atoms. The van der Waals surface area contributed by atoms with Crippen LogP contribution in [0.5, 0.6) is 0 Å². The molecule has 2 bridgehead atoms. The number of ether oxygens (including phenoxy) is 3. The van der Waals surface area contributed by atoms with E-state index < -0.39 is 42.1 Å². The van der Waals surface area contributed by atoms with Gasteiger partial charge in [0.15, 0.2) is 6.61 Å². The smallest absolute Gasteiger partial charge is 0.312 e. The largest absolute Gasteiger partial charge is 0.459 e. The second kappa shape index (κ2) is 6.46. The van der Waals surface area contributed by atoms with E-state index in [1.807, 2.05) is 0 Å². The van der Waals surface area contributed by atoms with Crippen molar-refractivity contribution >= 4 is 17.9 Å². The zero-order valence-corrected chi connectivity index (χ0v) is 15.1. The van der Waals surface area contributed by atoms with Crippen LogP contribution in [0.3, 0.4) is 0 Å². The Hall–Kier alpha value is -1.73. The molecular formula is C18H24F2O6. The highest BCUT2D eigenvalue weighted by Crippen LogP contribution is 2.55. The first kappa shape index (κ1) is 19.0. The Kier molecular flexibility index (Phi) is 4.73. The number of rotatable bonds is 7. The maximum absolute atomic E-state index is 12.8. The fourth-order valence-corrected chi connectivity index (χ4v) is 4.25. The molecule has 0 aromatic carbocycles. The molecule has 1 aliphatic heterocycles. The van der Waals surface area contributed by atoms with Crippen molar-refractivity contribution in [2.45, 2.75) is 64.6 Å². The summed E-state index contributed by atoms with van der Waals surface area (Å²) in [6, 6.07) is 0. The average Bonchev–Trinajstić information content (AvgIpc) is 3.17. The third-order valence-electron chi connectivity index (χ3n) is 5.95. The van der Waals surface area contributed by atoms with E-state index in [0.29, 0.717) is 13.3 Å². The fraction of sp³-hybridized carbons (Fsp3) is 0.833. The summed E-state index contributed by atoms with van der Waals surface area (Å²) in [4.78, 5) is 36.4. The van der Waals surface area contributed by atoms with Gasteiger partial charge in [-0.15, -0.1) is 0 Å². The van der Waals surface area contributed by atoms with Crippen LogP contribution in [-0.4, -0.2) is 42.6 Å². The molecule has 3 aliphatic rings. The first-order valence-corrected chi connectivity index (χ1v) is 8.99. The van der Waals surface area contributed by atoms with Crippen LogP contribution in [0.15, 0.2) is 0 Å². The molecule has 8 heteroatoms. The van der Waals surface area contributed by atoms with Crippen molar-refractivity contribution < 1.29 is 37.4 Å². The summed E-state index contributed by atoms with van der Waals surface area (Å²) < 4.78 is 41.2. The topological polar surface area (TPSA) is 78.9 Å². The van der Waals surface area contributed by atoms with Crippen LogP contribution < -0.4 is 0 Å². The average molecular weight is 374 g/mol. The molecule has 2 saturated carbocycles. The molecule has 0 spiro atoms. The van der Waals surface area contributed by atoms with Crippen molar-refractivity contribution in [3.05, 3.63) is 0 Å². The zero-order chi connectivity index (χ0) is 19.3. The lowest BCUT2D eigenvalue weighted by atomic mass is 9.83. The van der Waals surface area contributed by atoms with Crippen molar-refractivity contribution in [1.82, 2.24) is 0 Å². The predicted octanol–water partition coefficient (Wildman–Crippen LogP) is 2.48. The highest BCUT2D eigenvalue weighted by Gasteiger charge is 2.63. The monoisotopic (exact) mass is 374 g/mol. The molecule has 6 unspecified atom stereocenters. The van der Waals surface area contributed by atoms with Crippen molar-refractivity contribution in [3.8, 4) is 0 Å². The Labute approximate surface area is 150 Å². The van der Waals surface area contributed by atoms with Gasteiger partial charge in [-0.05, 0) is 26.2 Å². The minimum atomic E-state index is -3.12. The summed E-state index contributed by atoms with van der Waals surface area (Å²) in [7, 11) is 0. The first-order chi connectivity index (χ1) is 12.0. The summed E-state index contributed by atoms with van der Waals surface area (Å²) in [6.45, 7) is 2.90. The van der Waals surface area contributed by atoms with Gasteiger partial charge in [0.1, 0.15) is 12.2 Å². The standard InChI is InChI=1S/C18H24F2O6/c1-4-17(2,7-12(21)24-8-18(3,19)20)16(23)26-13-9-5-10-11(6-9)15(22)25-14(10)13/h9-11,13-14H,4-8H2,1-3H3. The summed E-state index contributed by atoms with van der Waals surface area (Å²) in [5.41, 5.74) is -1.18. The van der Waals surface area contributed by atoms with E-state index in [2.05, 4.69) is 4.74 Å². The molecule has 3 fully saturated rings. The molecule has 3 rings (SSSR count). The summed E-state index contributed by atoms with van der Waals surface area (Å²) >= 11 is 0. The summed E-state index contributed by atoms with van der Waals surface area (Å²) in [5, 5.41) is 0. The van der Waals surface area contributed by atoms with Gasteiger partial charge in [0.05, 0.1) is 17.8 Å². The second-order valence-electron chi connectivity index (χ2n) is 8.10. The summed E-state index contributed by atoms with van der Waals surface area (Å²) in [6.07, 6.45) is 0.521. The maximum atomic E-state index is 12.8. The number of alkyl halides is 2. The van der Waals surface area contributed by atoms with Gasteiger partial charge < -0.3 is 14.2 Å². The number of carbonyl (C=O) groups is 3. The van der Waals surface area contributed by atoms with E-state index in [1.165, 1.54) is 0 Å². The fourth-order valence-electron chi connectivity index (χ4n) is 4.25. The lowest BCUT2D eigenvalue weighted by Gasteiger charge is -2.31. The Morgan fingerprint density at radius 2 is 1.96 bits per heavy atom. The highest BCUT2D eigenvalue weighted by molar-refractivity contribution is 5.83. The van der Waals surface area contributed by atoms with Gasteiger partial charge in [0.2, 0.25) is 0 Å². The van der Waals surface area contributed by atoms with Crippen molar-refractivity contribution in [3.63, 3.8) is 0 Å². The van der Waals surface area contributed by atoms with E-state index in [-0.39, 0.29) is 36.6 Å². The van der Waals surface area contributed by atoms with Crippen LogP contribution in [0, 0.1) is 23.2 Å². The van der Waals surface area contributed by atoms with Crippen molar-refractivity contribution in [1.29, 1.82) is 0 Å². The molecule has 0 radical (unpaired) electrons. The van der Waals surface area contributed by atoms with E-state index in [4.69, 9.17) is 9.47 Å². The zero-order valence-electron chi connectivity index (χ0n) is 15.1. The molecule has 1 saturated heterocycles. The van der Waals surface area contributed by atoms with Crippen LogP contribution in [0.25, 0.3) is 0 Å². The minimum absolute atomic E-state index is 0.0804. The third-order valence-corrected chi connectivity index (χ3v) is 5.95. The highest BCUT2D eigenvalue weighted by atomic mass is 19.3. The van der Waals surface area contributed by atoms with Crippen LogP contribution >= 0.6 is 0 Å². The quantitative estimate of drug-likeness (QED) is 0.503. The number of fused-ring (bicyclic) bond motifs is 1. The molecule has 0 N–H and O–H groups in total. The third kappa shape index (κ3) is 3.42. The van der Waals surface area contributed by atoms with Crippen LogP contribution in [0.4, 0.5) is 8.78 Å². The van der Waals surface area contributed by atoms with Crippen LogP contribution in [0.1, 0.15) is 46.5 Å². The number of carbonyl (C=O) groups excluding carboxylic acids is 3. The van der Waals surface area contributed by atoms with Gasteiger partial charge >= 0.3 is 17.9 Å².